The zero-order valence-electron chi connectivity index (χ0n) is 16.2. The fourth-order valence-electron chi connectivity index (χ4n) is 4.25. The molecule has 2 heterocycles. The van der Waals surface area contributed by atoms with Gasteiger partial charge in [0.15, 0.2) is 0 Å². The molecule has 150 valence electrons. The summed E-state index contributed by atoms with van der Waals surface area (Å²) in [5.41, 5.74) is 0.451. The molecule has 2 aromatic carbocycles. The maximum Gasteiger partial charge on any atom is 0.327 e. The molecule has 2 aliphatic rings. The van der Waals surface area contributed by atoms with Crippen molar-refractivity contribution in [3.05, 3.63) is 65.7 Å². The maximum atomic E-state index is 13.0. The Bertz CT molecular complexity index is 952. The Kier molecular flexibility index (Phi) is 4.74. The lowest BCUT2D eigenvalue weighted by Crippen LogP contribution is -2.57. The van der Waals surface area contributed by atoms with E-state index in [0.717, 1.165) is 5.56 Å². The largest absolute Gasteiger partial charge is 0.508 e. The number of likely N-dealkylation sites (N-methyl/N-ethyl adjacent to an activating group) is 1. The number of hydrogen-bond acceptors (Lipinski definition) is 4. The zero-order chi connectivity index (χ0) is 20.6. The van der Waals surface area contributed by atoms with E-state index in [4.69, 9.17) is 0 Å². The van der Waals surface area contributed by atoms with Gasteiger partial charge in [-0.2, -0.15) is 0 Å². The predicted octanol–water partition coefficient (Wildman–Crippen LogP) is 2.46. The molecular formula is C22H23N3O4. The van der Waals surface area contributed by atoms with E-state index in [-0.39, 0.29) is 23.6 Å². The van der Waals surface area contributed by atoms with Gasteiger partial charge in [-0.3, -0.25) is 14.5 Å². The number of benzene rings is 2. The average Bonchev–Trinajstić information content (AvgIpc) is 2.91. The summed E-state index contributed by atoms with van der Waals surface area (Å²) in [7, 11) is 1.52. The number of hydrogen-bond donors (Lipinski definition) is 1. The molecule has 7 heteroatoms. The van der Waals surface area contributed by atoms with E-state index in [2.05, 4.69) is 0 Å². The van der Waals surface area contributed by atoms with Crippen molar-refractivity contribution in [1.29, 1.82) is 0 Å². The number of urea groups is 1. The smallest absolute Gasteiger partial charge is 0.327 e. The third-order valence-electron chi connectivity index (χ3n) is 5.89. The number of carbonyl (C=O) groups is 3. The lowest BCUT2D eigenvalue weighted by Gasteiger charge is -2.42. The molecule has 2 aromatic rings. The summed E-state index contributed by atoms with van der Waals surface area (Å²) >= 11 is 0. The first-order chi connectivity index (χ1) is 13.9. The average molecular weight is 393 g/mol. The standard InChI is InChI=1S/C22H23N3O4/c1-23-20(28)22(25(21(23)29)15-16-6-3-2-4-7-16)10-12-24(13-11-22)19(27)17-8-5-9-18(26)14-17/h2-9,14,26H,10-13,15H2,1H3. The zero-order valence-corrected chi connectivity index (χ0v) is 16.2. The van der Waals surface area contributed by atoms with Crippen LogP contribution in [0.5, 0.6) is 5.75 Å². The Morgan fingerprint density at radius 1 is 1.03 bits per heavy atom. The van der Waals surface area contributed by atoms with Crippen LogP contribution >= 0.6 is 0 Å². The number of amides is 4. The molecule has 0 atom stereocenters. The van der Waals surface area contributed by atoms with Crippen LogP contribution in [0.4, 0.5) is 4.79 Å². The van der Waals surface area contributed by atoms with Gasteiger partial charge in [-0.1, -0.05) is 36.4 Å². The molecule has 0 radical (unpaired) electrons. The third-order valence-corrected chi connectivity index (χ3v) is 5.89. The molecule has 0 aliphatic carbocycles. The van der Waals surface area contributed by atoms with Crippen molar-refractivity contribution in [3.63, 3.8) is 0 Å². The van der Waals surface area contributed by atoms with Crippen molar-refractivity contribution in [2.45, 2.75) is 24.9 Å². The SMILES string of the molecule is CN1C(=O)N(Cc2ccccc2)C2(CCN(C(=O)c3cccc(O)c3)CC2)C1=O. The molecule has 2 fully saturated rings. The van der Waals surface area contributed by atoms with Crippen LogP contribution in [0, 0.1) is 0 Å². The minimum atomic E-state index is -0.919. The van der Waals surface area contributed by atoms with Gasteiger partial charge in [0.2, 0.25) is 0 Å². The van der Waals surface area contributed by atoms with Crippen LogP contribution in [-0.4, -0.2) is 63.3 Å². The highest BCUT2D eigenvalue weighted by Crippen LogP contribution is 2.38. The first-order valence-corrected chi connectivity index (χ1v) is 9.64. The molecule has 0 bridgehead atoms. The molecule has 4 amide bonds. The monoisotopic (exact) mass is 393 g/mol. The molecule has 1 spiro atoms. The lowest BCUT2D eigenvalue weighted by atomic mass is 9.85. The summed E-state index contributed by atoms with van der Waals surface area (Å²) in [5, 5.41) is 9.63. The molecule has 0 unspecified atom stereocenters. The topological polar surface area (TPSA) is 81.2 Å². The highest BCUT2D eigenvalue weighted by Gasteiger charge is 2.57. The highest BCUT2D eigenvalue weighted by atomic mass is 16.3. The van der Waals surface area contributed by atoms with Crippen LogP contribution in [0.3, 0.4) is 0 Å². The normalized spacial score (nSPS) is 18.6. The first kappa shape index (κ1) is 19.0. The van der Waals surface area contributed by atoms with Gasteiger partial charge in [-0.15, -0.1) is 0 Å². The highest BCUT2D eigenvalue weighted by molar-refractivity contribution is 6.07. The van der Waals surface area contributed by atoms with Gasteiger partial charge in [0.05, 0.1) is 0 Å². The van der Waals surface area contributed by atoms with Crippen molar-refractivity contribution in [2.24, 2.45) is 0 Å². The first-order valence-electron chi connectivity index (χ1n) is 9.64. The molecule has 2 aliphatic heterocycles. The van der Waals surface area contributed by atoms with E-state index in [9.17, 15) is 19.5 Å². The van der Waals surface area contributed by atoms with Crippen LogP contribution in [0.1, 0.15) is 28.8 Å². The van der Waals surface area contributed by atoms with Gasteiger partial charge in [-0.05, 0) is 36.6 Å². The van der Waals surface area contributed by atoms with Crippen LogP contribution < -0.4 is 0 Å². The van der Waals surface area contributed by atoms with E-state index >= 15 is 0 Å². The van der Waals surface area contributed by atoms with E-state index in [1.54, 1.807) is 21.9 Å². The Balaban J connectivity index is 1.55. The minimum absolute atomic E-state index is 0.0385. The number of rotatable bonds is 3. The fraction of sp³-hybridized carbons (Fsp3) is 0.318. The number of phenolic OH excluding ortho intramolecular Hbond substituents is 1. The number of nitrogens with zero attached hydrogens (tertiary/aromatic N) is 3. The second-order valence-corrected chi connectivity index (χ2v) is 7.59. The molecule has 1 N–H and O–H groups in total. The van der Waals surface area contributed by atoms with E-state index in [1.807, 2.05) is 30.3 Å². The number of imide groups is 1. The predicted molar refractivity (Wildman–Crippen MR) is 106 cm³/mol. The molecule has 2 saturated heterocycles. The van der Waals surface area contributed by atoms with E-state index < -0.39 is 5.54 Å². The summed E-state index contributed by atoms with van der Waals surface area (Å²) < 4.78 is 0. The Hall–Kier alpha value is -3.35. The Morgan fingerprint density at radius 2 is 1.72 bits per heavy atom. The van der Waals surface area contributed by atoms with Gasteiger partial charge >= 0.3 is 6.03 Å². The summed E-state index contributed by atoms with van der Waals surface area (Å²) in [6, 6.07) is 15.5. The molecule has 4 rings (SSSR count). The number of likely N-dealkylation sites (tertiary alicyclic amines) is 1. The van der Waals surface area contributed by atoms with Gasteiger partial charge in [0, 0.05) is 32.2 Å². The van der Waals surface area contributed by atoms with Crippen molar-refractivity contribution >= 4 is 17.8 Å². The van der Waals surface area contributed by atoms with Gasteiger partial charge in [0.25, 0.3) is 11.8 Å². The minimum Gasteiger partial charge on any atom is -0.508 e. The lowest BCUT2D eigenvalue weighted by molar-refractivity contribution is -0.134. The van der Waals surface area contributed by atoms with Gasteiger partial charge in [0.1, 0.15) is 11.3 Å². The third kappa shape index (κ3) is 3.22. The van der Waals surface area contributed by atoms with Crippen molar-refractivity contribution in [2.75, 3.05) is 20.1 Å². The second-order valence-electron chi connectivity index (χ2n) is 7.59. The van der Waals surface area contributed by atoms with Crippen LogP contribution in [0.25, 0.3) is 0 Å². The summed E-state index contributed by atoms with van der Waals surface area (Å²) in [5.74, 6) is -0.352. The molecule has 7 nitrogen and oxygen atoms in total. The summed E-state index contributed by atoms with van der Waals surface area (Å²) in [6.45, 7) is 1.09. The number of piperidine rings is 1. The number of carbonyl (C=O) groups excluding carboxylic acids is 3. The van der Waals surface area contributed by atoms with Gasteiger partial charge in [-0.25, -0.2) is 4.79 Å². The van der Waals surface area contributed by atoms with Crippen molar-refractivity contribution < 1.29 is 19.5 Å². The van der Waals surface area contributed by atoms with E-state index in [1.165, 1.54) is 24.1 Å². The summed E-state index contributed by atoms with van der Waals surface area (Å²) in [4.78, 5) is 43.1. The Morgan fingerprint density at radius 3 is 2.38 bits per heavy atom. The molecule has 0 aromatic heterocycles. The van der Waals surface area contributed by atoms with Crippen molar-refractivity contribution in [1.82, 2.24) is 14.7 Å². The van der Waals surface area contributed by atoms with Crippen molar-refractivity contribution in [3.8, 4) is 5.75 Å². The molecule has 29 heavy (non-hydrogen) atoms. The quantitative estimate of drug-likeness (QED) is 0.813. The second kappa shape index (κ2) is 7.24. The van der Waals surface area contributed by atoms with Crippen LogP contribution in [0.2, 0.25) is 0 Å². The van der Waals surface area contributed by atoms with Gasteiger partial charge < -0.3 is 14.9 Å². The summed E-state index contributed by atoms with van der Waals surface area (Å²) in [6.07, 6.45) is 0.776. The molecular weight excluding hydrogens is 370 g/mol. The fourth-order valence-corrected chi connectivity index (χ4v) is 4.25. The van der Waals surface area contributed by atoms with Crippen LogP contribution in [0.15, 0.2) is 54.6 Å². The molecule has 0 saturated carbocycles. The van der Waals surface area contributed by atoms with Crippen LogP contribution in [-0.2, 0) is 11.3 Å². The Labute approximate surface area is 169 Å². The number of aromatic hydroxyl groups is 1. The maximum absolute atomic E-state index is 13.0. The van der Waals surface area contributed by atoms with E-state index in [0.29, 0.717) is 38.0 Å². The number of phenols is 1.